The number of benzene rings is 3. The van der Waals surface area contributed by atoms with Gasteiger partial charge >= 0.3 is 11.9 Å². The van der Waals surface area contributed by atoms with Crippen LogP contribution in [-0.2, 0) is 0 Å². The molecule has 0 saturated carbocycles. The van der Waals surface area contributed by atoms with Crippen LogP contribution in [0.5, 0.6) is 0 Å². The maximum atomic E-state index is 13.6. The van der Waals surface area contributed by atoms with Gasteiger partial charge in [-0.15, -0.1) is 0 Å². The van der Waals surface area contributed by atoms with Crippen molar-refractivity contribution in [3.8, 4) is 17.3 Å². The molecule has 0 bridgehead atoms. The van der Waals surface area contributed by atoms with Crippen molar-refractivity contribution in [1.29, 1.82) is 0 Å². The number of carboxylic acid groups (broad SMARTS) is 2. The van der Waals surface area contributed by atoms with E-state index in [4.69, 9.17) is 16.0 Å². The predicted octanol–water partition coefficient (Wildman–Crippen LogP) is 6.15. The number of halogens is 1. The molecule has 0 spiro atoms. The molecule has 0 aliphatic heterocycles. The number of para-hydroxylation sites is 1. The monoisotopic (exact) mass is 580 g/mol. The minimum absolute atomic E-state index is 0.154. The number of rotatable bonds is 6. The molecule has 2 N–H and O–H groups in total. The third-order valence-electron chi connectivity index (χ3n) is 6.90. The van der Waals surface area contributed by atoms with Gasteiger partial charge in [0.05, 0.1) is 28.2 Å². The number of carbonyl (C=O) groups is 2. The second kappa shape index (κ2) is 10.2. The van der Waals surface area contributed by atoms with E-state index in [1.165, 1.54) is 23.0 Å². The molecule has 3 aromatic carbocycles. The third kappa shape index (κ3) is 4.63. The van der Waals surface area contributed by atoms with E-state index in [1.54, 1.807) is 73.0 Å². The molecule has 0 saturated heterocycles. The summed E-state index contributed by atoms with van der Waals surface area (Å²) in [5, 5.41) is 25.2. The smallest absolute Gasteiger partial charge is 0.335 e. The van der Waals surface area contributed by atoms with E-state index in [9.17, 15) is 24.6 Å². The highest BCUT2D eigenvalue weighted by molar-refractivity contribution is 6.31. The highest BCUT2D eigenvalue weighted by Crippen LogP contribution is 2.29. The fourth-order valence-electron chi connectivity index (χ4n) is 4.94. The minimum Gasteiger partial charge on any atom is -0.478 e. The van der Waals surface area contributed by atoms with Gasteiger partial charge in [0.15, 0.2) is 5.76 Å². The first-order valence-corrected chi connectivity index (χ1v) is 13.0. The van der Waals surface area contributed by atoms with Crippen molar-refractivity contribution < 1.29 is 24.2 Å². The summed E-state index contributed by atoms with van der Waals surface area (Å²) >= 11 is 6.15. The number of carboxylic acids is 2. The number of aromatic carboxylic acids is 2. The Balaban J connectivity index is 1.50. The molecular formula is C31H21ClN4O6. The van der Waals surface area contributed by atoms with Gasteiger partial charge in [-0.3, -0.25) is 4.79 Å². The SMILES string of the molecule is Cc1cc(C=Nn2c(-c3cc4cc(Cl)ccc4o3)nc3ccccc3c2=O)c(C)n1-c1cc(C(=O)O)cc(C(=O)O)c1. The molecule has 0 aliphatic carbocycles. The largest absolute Gasteiger partial charge is 0.478 e. The Hall–Kier alpha value is -5.48. The van der Waals surface area contributed by atoms with Crippen molar-refractivity contribution >= 4 is 51.6 Å². The van der Waals surface area contributed by atoms with E-state index >= 15 is 0 Å². The van der Waals surface area contributed by atoms with E-state index in [0.717, 1.165) is 11.5 Å². The van der Waals surface area contributed by atoms with Crippen LogP contribution in [0.4, 0.5) is 0 Å². The van der Waals surface area contributed by atoms with Crippen LogP contribution in [0.1, 0.15) is 37.7 Å². The molecule has 42 heavy (non-hydrogen) atoms. The van der Waals surface area contributed by atoms with Crippen molar-refractivity contribution in [2.75, 3.05) is 0 Å². The van der Waals surface area contributed by atoms with Crippen molar-refractivity contribution in [2.24, 2.45) is 5.10 Å². The zero-order chi connectivity index (χ0) is 29.7. The molecule has 6 aromatic rings. The van der Waals surface area contributed by atoms with Gasteiger partial charge in [0.1, 0.15) is 5.58 Å². The average molecular weight is 581 g/mol. The molecule has 3 heterocycles. The lowest BCUT2D eigenvalue weighted by Crippen LogP contribution is -2.20. The number of nitrogens with zero attached hydrogens (tertiary/aromatic N) is 4. The summed E-state index contributed by atoms with van der Waals surface area (Å²) in [5.74, 6) is -1.97. The summed E-state index contributed by atoms with van der Waals surface area (Å²) in [4.78, 5) is 41.6. The molecular weight excluding hydrogens is 560 g/mol. The molecule has 0 atom stereocenters. The Kier molecular flexibility index (Phi) is 6.47. The van der Waals surface area contributed by atoms with Crippen molar-refractivity contribution in [1.82, 2.24) is 14.2 Å². The Morgan fingerprint density at radius 3 is 2.38 bits per heavy atom. The van der Waals surface area contributed by atoms with Gasteiger partial charge in [0.2, 0.25) is 5.82 Å². The fraction of sp³-hybridized carbons (Fsp3) is 0.0645. The van der Waals surface area contributed by atoms with Gasteiger partial charge in [-0.25, -0.2) is 14.6 Å². The number of fused-ring (bicyclic) bond motifs is 2. The van der Waals surface area contributed by atoms with Crippen LogP contribution in [0, 0.1) is 13.8 Å². The first-order valence-electron chi connectivity index (χ1n) is 12.7. The molecule has 0 amide bonds. The number of hydrogen-bond acceptors (Lipinski definition) is 6. The first kappa shape index (κ1) is 26.7. The molecule has 6 rings (SSSR count). The summed E-state index contributed by atoms with van der Waals surface area (Å²) in [5.41, 5.74) is 2.67. The summed E-state index contributed by atoms with van der Waals surface area (Å²) in [6.07, 6.45) is 1.50. The van der Waals surface area contributed by atoms with Crippen molar-refractivity contribution in [2.45, 2.75) is 13.8 Å². The Morgan fingerprint density at radius 1 is 0.952 bits per heavy atom. The van der Waals surface area contributed by atoms with Crippen LogP contribution in [0.15, 0.2) is 87.1 Å². The molecule has 11 heteroatoms. The number of aromatic nitrogens is 3. The zero-order valence-corrected chi connectivity index (χ0v) is 23.0. The molecule has 0 unspecified atom stereocenters. The second-order valence-corrected chi connectivity index (χ2v) is 10.1. The van der Waals surface area contributed by atoms with Crippen LogP contribution < -0.4 is 5.56 Å². The van der Waals surface area contributed by atoms with E-state index in [-0.39, 0.29) is 17.0 Å². The highest BCUT2D eigenvalue weighted by atomic mass is 35.5. The van der Waals surface area contributed by atoms with Crippen LogP contribution in [0.3, 0.4) is 0 Å². The van der Waals surface area contributed by atoms with Crippen LogP contribution >= 0.6 is 11.6 Å². The number of hydrogen-bond donors (Lipinski definition) is 2. The van der Waals surface area contributed by atoms with Crippen molar-refractivity contribution in [3.63, 3.8) is 0 Å². The van der Waals surface area contributed by atoms with E-state index in [0.29, 0.717) is 49.9 Å². The van der Waals surface area contributed by atoms with Gasteiger partial charge < -0.3 is 19.2 Å². The van der Waals surface area contributed by atoms with Crippen LogP contribution in [0.25, 0.3) is 39.1 Å². The average Bonchev–Trinajstić information content (AvgIpc) is 3.51. The summed E-state index contributed by atoms with van der Waals surface area (Å²) in [6, 6.07) is 19.6. The van der Waals surface area contributed by atoms with E-state index in [1.807, 2.05) is 0 Å². The summed E-state index contributed by atoms with van der Waals surface area (Å²) in [7, 11) is 0. The molecule has 208 valence electrons. The fourth-order valence-corrected chi connectivity index (χ4v) is 5.12. The third-order valence-corrected chi connectivity index (χ3v) is 7.14. The maximum Gasteiger partial charge on any atom is 0.335 e. The molecule has 0 aliphatic rings. The molecule has 3 aromatic heterocycles. The molecule has 0 fully saturated rings. The minimum atomic E-state index is -1.24. The predicted molar refractivity (Wildman–Crippen MR) is 158 cm³/mol. The van der Waals surface area contributed by atoms with E-state index < -0.39 is 17.5 Å². The normalized spacial score (nSPS) is 11.6. The lowest BCUT2D eigenvalue weighted by Gasteiger charge is -2.12. The van der Waals surface area contributed by atoms with Gasteiger partial charge in [-0.1, -0.05) is 23.7 Å². The van der Waals surface area contributed by atoms with E-state index in [2.05, 4.69) is 10.1 Å². The number of furan rings is 1. The van der Waals surface area contributed by atoms with Crippen LogP contribution in [-0.4, -0.2) is 42.6 Å². The van der Waals surface area contributed by atoms with Gasteiger partial charge in [-0.05, 0) is 74.5 Å². The highest BCUT2D eigenvalue weighted by Gasteiger charge is 2.18. The Morgan fingerprint density at radius 2 is 1.67 bits per heavy atom. The van der Waals surface area contributed by atoms with Gasteiger partial charge in [0.25, 0.3) is 5.56 Å². The molecule has 0 radical (unpaired) electrons. The van der Waals surface area contributed by atoms with Crippen LogP contribution in [0.2, 0.25) is 5.02 Å². The Bertz CT molecular complexity index is 2140. The Labute approximate surface area is 242 Å². The summed E-state index contributed by atoms with van der Waals surface area (Å²) in [6.45, 7) is 3.58. The molecule has 10 nitrogen and oxygen atoms in total. The second-order valence-electron chi connectivity index (χ2n) is 9.65. The van der Waals surface area contributed by atoms with Crippen molar-refractivity contribution in [3.05, 3.63) is 116 Å². The zero-order valence-electron chi connectivity index (χ0n) is 22.2. The maximum absolute atomic E-state index is 13.6. The standard InChI is InChI=1S/C31H21ClN4O6/c1-16-9-21(17(2)35(16)23-12-19(30(38)39)10-20(13-23)31(40)41)15-33-36-28(34-25-6-4-3-5-24(25)29(36)37)27-14-18-11-22(32)7-8-26(18)42-27/h3-15H,1-2H3,(H,38,39)(H,40,41). The topological polar surface area (TPSA) is 140 Å². The quantitative estimate of drug-likeness (QED) is 0.225. The van der Waals surface area contributed by atoms with Gasteiger partial charge in [-0.2, -0.15) is 9.78 Å². The first-order chi connectivity index (χ1) is 20.1. The number of aryl methyl sites for hydroxylation is 1. The van der Waals surface area contributed by atoms with Gasteiger partial charge in [0, 0.05) is 33.0 Å². The lowest BCUT2D eigenvalue weighted by molar-refractivity contribution is 0.0696. The summed E-state index contributed by atoms with van der Waals surface area (Å²) < 4.78 is 8.91. The lowest BCUT2D eigenvalue weighted by atomic mass is 10.1.